The second kappa shape index (κ2) is 12.0. The zero-order chi connectivity index (χ0) is 20.4. The maximum Gasteiger partial charge on any atom is 0.270 e. The first-order valence-corrected chi connectivity index (χ1v) is 10.9. The molecule has 0 saturated carbocycles. The van der Waals surface area contributed by atoms with E-state index in [9.17, 15) is 4.79 Å². The van der Waals surface area contributed by atoms with Gasteiger partial charge in [-0.05, 0) is 37.1 Å². The van der Waals surface area contributed by atoms with E-state index in [4.69, 9.17) is 5.11 Å². The number of piperidine rings is 1. The second-order valence-corrected chi connectivity index (χ2v) is 7.88. The van der Waals surface area contributed by atoms with Crippen molar-refractivity contribution in [2.45, 2.75) is 45.2 Å². The molecule has 1 saturated heterocycles. The topological polar surface area (TPSA) is 55.8 Å². The molecule has 1 heterocycles. The maximum absolute atomic E-state index is 13.3. The molecule has 6 heteroatoms. The first kappa shape index (κ1) is 22.7. The van der Waals surface area contributed by atoms with E-state index in [1.54, 1.807) is 6.20 Å². The fourth-order valence-electron chi connectivity index (χ4n) is 3.38. The van der Waals surface area contributed by atoms with Crippen LogP contribution in [0.5, 0.6) is 0 Å². The van der Waals surface area contributed by atoms with E-state index in [-0.39, 0.29) is 12.5 Å². The highest BCUT2D eigenvalue weighted by Gasteiger charge is 2.26. The Labute approximate surface area is 177 Å². The Morgan fingerprint density at radius 2 is 2.11 bits per heavy atom. The lowest BCUT2D eigenvalue weighted by molar-refractivity contribution is -0.129. The minimum atomic E-state index is 0.0704. The van der Waals surface area contributed by atoms with Crippen LogP contribution in [0.15, 0.2) is 53.3 Å². The number of nitrogens with one attached hydrogen (secondary N) is 1. The van der Waals surface area contributed by atoms with Gasteiger partial charge in [-0.3, -0.25) is 4.79 Å². The number of aliphatic hydroxyl groups excluding tert-OH is 1. The van der Waals surface area contributed by atoms with Crippen molar-refractivity contribution in [1.82, 2.24) is 15.1 Å². The molecule has 28 heavy (non-hydrogen) atoms. The fourth-order valence-corrected chi connectivity index (χ4v) is 3.79. The number of hydrogen-bond donors (Lipinski definition) is 2. The Kier molecular flexibility index (Phi) is 9.75. The van der Waals surface area contributed by atoms with Gasteiger partial charge in [0.2, 0.25) is 0 Å². The third kappa shape index (κ3) is 6.47. The Morgan fingerprint density at radius 3 is 2.71 bits per heavy atom. The fraction of sp³-hybridized carbons (Fsp3) is 0.500. The Bertz CT molecular complexity index is 670. The van der Waals surface area contributed by atoms with E-state index in [2.05, 4.69) is 40.8 Å². The van der Waals surface area contributed by atoms with Gasteiger partial charge in [0.05, 0.1) is 6.61 Å². The molecule has 1 fully saturated rings. The van der Waals surface area contributed by atoms with Crippen LogP contribution in [-0.2, 0) is 11.3 Å². The molecule has 1 aliphatic rings. The van der Waals surface area contributed by atoms with E-state index < -0.39 is 0 Å². The Hall–Kier alpha value is -1.63. The highest BCUT2D eigenvalue weighted by atomic mass is 79.9. The molecule has 2 N–H and O–H groups in total. The molecule has 0 atom stereocenters. The van der Waals surface area contributed by atoms with Crippen molar-refractivity contribution >= 4 is 21.8 Å². The maximum atomic E-state index is 13.3. The zero-order valence-corrected chi connectivity index (χ0v) is 18.3. The van der Waals surface area contributed by atoms with Crippen LogP contribution >= 0.6 is 15.9 Å². The van der Waals surface area contributed by atoms with E-state index in [1.165, 1.54) is 0 Å². The van der Waals surface area contributed by atoms with Crippen molar-refractivity contribution in [2.75, 3.05) is 26.2 Å². The highest BCUT2D eigenvalue weighted by Crippen LogP contribution is 2.22. The molecule has 1 aromatic rings. The van der Waals surface area contributed by atoms with Gasteiger partial charge in [0, 0.05) is 36.7 Å². The van der Waals surface area contributed by atoms with Crippen LogP contribution in [0.3, 0.4) is 0 Å². The van der Waals surface area contributed by atoms with Crippen LogP contribution in [0, 0.1) is 0 Å². The molecule has 0 radical (unpaired) electrons. The minimum absolute atomic E-state index is 0.0704. The van der Waals surface area contributed by atoms with E-state index in [1.807, 2.05) is 34.1 Å². The van der Waals surface area contributed by atoms with E-state index in [0.29, 0.717) is 24.8 Å². The van der Waals surface area contributed by atoms with Crippen LogP contribution in [-0.4, -0.2) is 53.1 Å². The SMILES string of the molecule is C=CN(Cc1ccccc1Br)/C(=C\CCC)C(=O)N1CCC(NCCO)CC1. The average Bonchev–Trinajstić information content (AvgIpc) is 2.73. The molecule has 0 bridgehead atoms. The Morgan fingerprint density at radius 1 is 1.39 bits per heavy atom. The van der Waals surface area contributed by atoms with Crippen molar-refractivity contribution < 1.29 is 9.90 Å². The molecule has 0 spiro atoms. The standard InChI is InChI=1S/C22H32BrN3O2/c1-3-5-10-21(25(4-2)17-18-8-6-7-9-20(18)23)22(28)26-14-11-19(12-15-26)24-13-16-27/h4,6-10,19,24,27H,2-3,5,11-17H2,1H3/b21-10-. The smallest absolute Gasteiger partial charge is 0.270 e. The van der Waals surface area contributed by atoms with Crippen LogP contribution in [0.1, 0.15) is 38.2 Å². The number of benzene rings is 1. The van der Waals surface area contributed by atoms with Gasteiger partial charge in [-0.25, -0.2) is 0 Å². The molecule has 0 unspecified atom stereocenters. The summed E-state index contributed by atoms with van der Waals surface area (Å²) < 4.78 is 1.03. The first-order chi connectivity index (χ1) is 13.6. The Balaban J connectivity index is 2.10. The predicted octanol–water partition coefficient (Wildman–Crippen LogP) is 3.65. The third-order valence-electron chi connectivity index (χ3n) is 5.00. The van der Waals surface area contributed by atoms with Crippen molar-refractivity contribution in [1.29, 1.82) is 0 Å². The van der Waals surface area contributed by atoms with Crippen molar-refractivity contribution in [3.05, 3.63) is 58.9 Å². The largest absolute Gasteiger partial charge is 0.395 e. The summed E-state index contributed by atoms with van der Waals surface area (Å²) in [5.41, 5.74) is 1.82. The summed E-state index contributed by atoms with van der Waals surface area (Å²) in [6.45, 7) is 8.87. The van der Waals surface area contributed by atoms with Gasteiger partial charge in [-0.1, -0.05) is 60.1 Å². The van der Waals surface area contributed by atoms with Gasteiger partial charge >= 0.3 is 0 Å². The van der Waals surface area contributed by atoms with Crippen LogP contribution in [0.2, 0.25) is 0 Å². The number of rotatable bonds is 10. The summed E-state index contributed by atoms with van der Waals surface area (Å²) in [5, 5.41) is 12.3. The molecule has 154 valence electrons. The van der Waals surface area contributed by atoms with Gasteiger partial charge in [-0.2, -0.15) is 0 Å². The zero-order valence-electron chi connectivity index (χ0n) is 16.7. The number of aliphatic hydroxyl groups is 1. The molecule has 1 amide bonds. The third-order valence-corrected chi connectivity index (χ3v) is 5.77. The van der Waals surface area contributed by atoms with Gasteiger partial charge in [-0.15, -0.1) is 0 Å². The lowest BCUT2D eigenvalue weighted by atomic mass is 10.0. The second-order valence-electron chi connectivity index (χ2n) is 7.02. The summed E-state index contributed by atoms with van der Waals surface area (Å²) in [6.07, 6.45) is 7.45. The number of carbonyl (C=O) groups excluding carboxylic acids is 1. The number of likely N-dealkylation sites (tertiary alicyclic amines) is 1. The van der Waals surface area contributed by atoms with Crippen molar-refractivity contribution in [3.8, 4) is 0 Å². The monoisotopic (exact) mass is 449 g/mol. The lowest BCUT2D eigenvalue weighted by Gasteiger charge is -2.35. The highest BCUT2D eigenvalue weighted by molar-refractivity contribution is 9.10. The summed E-state index contributed by atoms with van der Waals surface area (Å²) in [5.74, 6) is 0.0704. The van der Waals surface area contributed by atoms with Crippen LogP contribution in [0.4, 0.5) is 0 Å². The number of carbonyl (C=O) groups is 1. The quantitative estimate of drug-likeness (QED) is 0.535. The first-order valence-electron chi connectivity index (χ1n) is 10.1. The summed E-state index contributed by atoms with van der Waals surface area (Å²) in [4.78, 5) is 17.2. The van der Waals surface area contributed by atoms with Gasteiger partial charge in [0.1, 0.15) is 5.70 Å². The molecule has 0 aliphatic carbocycles. The number of amides is 1. The number of nitrogens with zero attached hydrogens (tertiary/aromatic N) is 2. The van der Waals surface area contributed by atoms with Crippen LogP contribution in [0.25, 0.3) is 0 Å². The van der Waals surface area contributed by atoms with Crippen LogP contribution < -0.4 is 5.32 Å². The minimum Gasteiger partial charge on any atom is -0.395 e. The van der Waals surface area contributed by atoms with E-state index in [0.717, 1.165) is 48.8 Å². The molecule has 2 rings (SSSR count). The van der Waals surface area contributed by atoms with E-state index >= 15 is 0 Å². The number of unbranched alkanes of at least 4 members (excludes halogenated alkanes) is 1. The molecular formula is C22H32BrN3O2. The molecule has 1 aliphatic heterocycles. The normalized spacial score (nSPS) is 15.5. The summed E-state index contributed by atoms with van der Waals surface area (Å²) in [6, 6.07) is 8.43. The lowest BCUT2D eigenvalue weighted by Crippen LogP contribution is -2.47. The predicted molar refractivity (Wildman–Crippen MR) is 118 cm³/mol. The van der Waals surface area contributed by atoms with Crippen molar-refractivity contribution in [3.63, 3.8) is 0 Å². The molecule has 5 nitrogen and oxygen atoms in total. The number of hydrogen-bond acceptors (Lipinski definition) is 4. The summed E-state index contributed by atoms with van der Waals surface area (Å²) >= 11 is 3.60. The average molecular weight is 450 g/mol. The molecular weight excluding hydrogens is 418 g/mol. The molecule has 1 aromatic carbocycles. The van der Waals surface area contributed by atoms with Gasteiger partial charge in [0.15, 0.2) is 0 Å². The van der Waals surface area contributed by atoms with Gasteiger partial charge < -0.3 is 20.2 Å². The molecule has 0 aromatic heterocycles. The number of halogens is 1. The summed E-state index contributed by atoms with van der Waals surface area (Å²) in [7, 11) is 0. The van der Waals surface area contributed by atoms with Gasteiger partial charge in [0.25, 0.3) is 5.91 Å². The number of allylic oxidation sites excluding steroid dienone is 1. The van der Waals surface area contributed by atoms with Crippen molar-refractivity contribution in [2.24, 2.45) is 0 Å².